The summed E-state index contributed by atoms with van der Waals surface area (Å²) in [7, 11) is 0. The minimum absolute atomic E-state index is 0.331. The van der Waals surface area contributed by atoms with Gasteiger partial charge in [0.2, 0.25) is 0 Å². The number of ether oxygens (including phenoxy) is 1. The third-order valence-electron chi connectivity index (χ3n) is 11.3. The lowest BCUT2D eigenvalue weighted by Gasteiger charge is -2.38. The Hall–Kier alpha value is -6.18. The van der Waals surface area contributed by atoms with Crippen LogP contribution in [0.2, 0.25) is 0 Å². The highest BCUT2D eigenvalue weighted by Gasteiger charge is 2.47. The van der Waals surface area contributed by atoms with Crippen LogP contribution in [0.3, 0.4) is 0 Å². The van der Waals surface area contributed by atoms with Crippen LogP contribution >= 0.6 is 0 Å². The summed E-state index contributed by atoms with van der Waals surface area (Å²) in [6.07, 6.45) is 0. The van der Waals surface area contributed by atoms with Crippen LogP contribution in [0.4, 0.5) is 0 Å². The van der Waals surface area contributed by atoms with Gasteiger partial charge in [0.1, 0.15) is 11.5 Å². The van der Waals surface area contributed by atoms with E-state index in [1.54, 1.807) is 0 Å². The number of benzene rings is 8. The zero-order valence-corrected chi connectivity index (χ0v) is 27.8. The molecule has 0 N–H and O–H groups in total. The van der Waals surface area contributed by atoms with E-state index in [9.17, 15) is 0 Å². The van der Waals surface area contributed by atoms with E-state index in [0.29, 0.717) is 0 Å². The fourth-order valence-electron chi connectivity index (χ4n) is 8.96. The second-order valence-corrected chi connectivity index (χ2v) is 13.7. The van der Waals surface area contributed by atoms with Gasteiger partial charge in [0, 0.05) is 16.5 Å². The number of hydrogen-bond acceptors (Lipinski definition) is 1. The Morgan fingerprint density at radius 1 is 0.400 bits per heavy atom. The molecular formula is C49H34O. The maximum atomic E-state index is 6.65. The lowest BCUT2D eigenvalue weighted by molar-refractivity contribution is 0.427. The molecule has 10 rings (SSSR count). The lowest BCUT2D eigenvalue weighted by atomic mass is 9.66. The van der Waals surface area contributed by atoms with Gasteiger partial charge in [-0.05, 0) is 79.9 Å². The smallest absolute Gasteiger partial charge is 0.132 e. The summed E-state index contributed by atoms with van der Waals surface area (Å²) >= 11 is 0. The fraction of sp³-hybridized carbons (Fsp3) is 0.0612. The average Bonchev–Trinajstić information content (AvgIpc) is 3.50. The summed E-state index contributed by atoms with van der Waals surface area (Å²) in [5.74, 6) is 1.82. The second kappa shape index (κ2) is 10.9. The van der Waals surface area contributed by atoms with Crippen molar-refractivity contribution < 1.29 is 4.74 Å². The maximum absolute atomic E-state index is 6.65. The van der Waals surface area contributed by atoms with Crippen molar-refractivity contribution in [3.8, 4) is 33.8 Å². The number of hydrogen-bond donors (Lipinski definition) is 0. The van der Waals surface area contributed by atoms with Gasteiger partial charge in [0.15, 0.2) is 0 Å². The molecule has 236 valence electrons. The van der Waals surface area contributed by atoms with Crippen molar-refractivity contribution in [3.63, 3.8) is 0 Å². The molecule has 1 aliphatic carbocycles. The first kappa shape index (κ1) is 28.8. The number of fused-ring (bicyclic) bond motifs is 7. The van der Waals surface area contributed by atoms with Gasteiger partial charge in [0.05, 0.1) is 5.41 Å². The molecule has 2 aliphatic rings. The molecule has 1 heteroatoms. The fourth-order valence-corrected chi connectivity index (χ4v) is 8.96. The molecule has 1 heterocycles. The van der Waals surface area contributed by atoms with Crippen LogP contribution in [-0.4, -0.2) is 0 Å². The first-order valence-corrected chi connectivity index (χ1v) is 17.4. The molecule has 0 saturated carbocycles. The maximum Gasteiger partial charge on any atom is 0.132 e. The van der Waals surface area contributed by atoms with Crippen LogP contribution in [0.25, 0.3) is 33.0 Å². The lowest BCUT2D eigenvalue weighted by Crippen LogP contribution is -2.29. The van der Waals surface area contributed by atoms with Crippen LogP contribution in [0.5, 0.6) is 11.5 Å². The van der Waals surface area contributed by atoms with E-state index in [2.05, 4.69) is 195 Å². The highest BCUT2D eigenvalue weighted by Crippen LogP contribution is 2.58. The van der Waals surface area contributed by atoms with Crippen molar-refractivity contribution in [1.29, 1.82) is 0 Å². The van der Waals surface area contributed by atoms with Gasteiger partial charge < -0.3 is 4.74 Å². The summed E-state index contributed by atoms with van der Waals surface area (Å²) in [6.45, 7) is 2.32. The van der Waals surface area contributed by atoms with E-state index >= 15 is 0 Å². The molecule has 1 nitrogen and oxygen atoms in total. The van der Waals surface area contributed by atoms with Gasteiger partial charge in [-0.2, -0.15) is 0 Å². The Bertz CT molecular complexity index is 2570. The van der Waals surface area contributed by atoms with Crippen LogP contribution in [-0.2, 0) is 10.8 Å². The molecule has 0 fully saturated rings. The molecule has 0 spiro atoms. The summed E-state index contributed by atoms with van der Waals surface area (Å²) < 4.78 is 6.65. The average molecular weight is 639 g/mol. The van der Waals surface area contributed by atoms with E-state index in [-0.39, 0.29) is 5.41 Å². The predicted octanol–water partition coefficient (Wildman–Crippen LogP) is 12.3. The molecule has 0 saturated heterocycles. The second-order valence-electron chi connectivity index (χ2n) is 13.7. The quantitative estimate of drug-likeness (QED) is 0.186. The van der Waals surface area contributed by atoms with Gasteiger partial charge in [-0.3, -0.25) is 0 Å². The SMILES string of the molecule is CC1(c2ccccc2)c2ccccc2Oc2cc(-c3ccc(C4(c5ccccc5)c5ccccc5-c5ccc6ccccc6c54)cc3)ccc21. The highest BCUT2D eigenvalue weighted by molar-refractivity contribution is 6.00. The summed E-state index contributed by atoms with van der Waals surface area (Å²) in [5.41, 5.74) is 12.9. The predicted molar refractivity (Wildman–Crippen MR) is 205 cm³/mol. The first-order valence-electron chi connectivity index (χ1n) is 17.4. The van der Waals surface area contributed by atoms with Gasteiger partial charge in [0.25, 0.3) is 0 Å². The number of rotatable bonds is 4. The Morgan fingerprint density at radius 2 is 1.00 bits per heavy atom. The van der Waals surface area contributed by atoms with Crippen molar-refractivity contribution in [1.82, 2.24) is 0 Å². The third kappa shape index (κ3) is 3.95. The highest BCUT2D eigenvalue weighted by atomic mass is 16.5. The summed E-state index contributed by atoms with van der Waals surface area (Å²) in [6, 6.07) is 68.7. The topological polar surface area (TPSA) is 9.23 Å². The monoisotopic (exact) mass is 638 g/mol. The standard InChI is InChI=1S/C49H34O/c1-48(36-15-4-2-5-16-36)43-22-12-13-23-45(43)50-46-32-35(27-31-44(46)48)33-24-28-38(29-25-33)49(37-17-6-3-7-18-37)42-21-11-10-20-40(42)41-30-26-34-14-8-9-19-39(34)47(41)49/h2-32H,1H3. The van der Waals surface area contributed by atoms with Gasteiger partial charge in [-0.25, -0.2) is 0 Å². The zero-order chi connectivity index (χ0) is 33.3. The molecule has 2 atom stereocenters. The first-order chi connectivity index (χ1) is 24.7. The van der Waals surface area contributed by atoms with E-state index in [4.69, 9.17) is 4.74 Å². The molecule has 0 bridgehead atoms. The molecule has 2 unspecified atom stereocenters. The normalized spacial score (nSPS) is 18.4. The largest absolute Gasteiger partial charge is 0.457 e. The van der Waals surface area contributed by atoms with E-state index in [0.717, 1.165) is 22.6 Å². The zero-order valence-electron chi connectivity index (χ0n) is 27.8. The Labute approximate surface area is 293 Å². The van der Waals surface area contributed by atoms with E-state index in [1.165, 1.54) is 60.8 Å². The van der Waals surface area contributed by atoms with Crippen molar-refractivity contribution in [2.75, 3.05) is 0 Å². The Morgan fingerprint density at radius 3 is 1.80 bits per heavy atom. The molecule has 50 heavy (non-hydrogen) atoms. The van der Waals surface area contributed by atoms with Gasteiger partial charge in [-0.15, -0.1) is 0 Å². The van der Waals surface area contributed by atoms with Gasteiger partial charge >= 0.3 is 0 Å². The van der Waals surface area contributed by atoms with Crippen molar-refractivity contribution in [3.05, 3.63) is 227 Å². The summed E-state index contributed by atoms with van der Waals surface area (Å²) in [4.78, 5) is 0. The van der Waals surface area contributed by atoms with Crippen molar-refractivity contribution in [2.45, 2.75) is 17.8 Å². The van der Waals surface area contributed by atoms with Crippen molar-refractivity contribution >= 4 is 10.8 Å². The van der Waals surface area contributed by atoms with E-state index in [1.807, 2.05) is 0 Å². The molecule has 8 aromatic rings. The molecule has 0 aromatic heterocycles. The Balaban J connectivity index is 1.15. The van der Waals surface area contributed by atoms with Gasteiger partial charge in [-0.1, -0.05) is 176 Å². The Kier molecular flexibility index (Phi) is 6.29. The molecule has 0 radical (unpaired) electrons. The molecular weight excluding hydrogens is 605 g/mol. The minimum Gasteiger partial charge on any atom is -0.457 e. The summed E-state index contributed by atoms with van der Waals surface area (Å²) in [5, 5.41) is 2.55. The van der Waals surface area contributed by atoms with Crippen LogP contribution in [0.1, 0.15) is 45.9 Å². The number of para-hydroxylation sites is 1. The molecule has 1 aliphatic heterocycles. The van der Waals surface area contributed by atoms with E-state index < -0.39 is 5.41 Å². The van der Waals surface area contributed by atoms with Crippen molar-refractivity contribution in [2.24, 2.45) is 0 Å². The van der Waals surface area contributed by atoms with Crippen LogP contribution in [0.15, 0.2) is 188 Å². The van der Waals surface area contributed by atoms with Crippen LogP contribution in [0, 0.1) is 0 Å². The molecule has 0 amide bonds. The third-order valence-corrected chi connectivity index (χ3v) is 11.3. The molecule has 8 aromatic carbocycles. The minimum atomic E-state index is -0.466. The van der Waals surface area contributed by atoms with Crippen LogP contribution < -0.4 is 4.74 Å².